The van der Waals surface area contributed by atoms with E-state index in [0.29, 0.717) is 11.8 Å². The van der Waals surface area contributed by atoms with Crippen LogP contribution in [0.2, 0.25) is 0 Å². The zero-order valence-electron chi connectivity index (χ0n) is 11.5. The van der Waals surface area contributed by atoms with Crippen LogP contribution in [0.4, 0.5) is 5.82 Å². The molecule has 0 radical (unpaired) electrons. The highest BCUT2D eigenvalue weighted by molar-refractivity contribution is 5.48. The van der Waals surface area contributed by atoms with E-state index < -0.39 is 0 Å². The Bertz CT molecular complexity index is 561. The molecule has 1 unspecified atom stereocenters. The molecule has 0 amide bonds. The minimum absolute atomic E-state index is 0.521. The van der Waals surface area contributed by atoms with E-state index in [2.05, 4.69) is 31.3 Å². The third kappa shape index (κ3) is 2.28. The highest BCUT2D eigenvalue weighted by Gasteiger charge is 2.24. The molecule has 3 rings (SSSR count). The van der Waals surface area contributed by atoms with Gasteiger partial charge in [0.05, 0.1) is 0 Å². The van der Waals surface area contributed by atoms with Crippen molar-refractivity contribution in [1.29, 1.82) is 0 Å². The number of likely N-dealkylation sites (N-methyl/N-ethyl adjacent to an activating group) is 1. The molecular formula is C13H20N6. The molecule has 6 heteroatoms. The molecule has 3 heterocycles. The molecule has 2 aromatic heterocycles. The maximum atomic E-state index is 4.41. The number of hydrogen-bond acceptors (Lipinski definition) is 5. The molecule has 0 spiro atoms. The maximum absolute atomic E-state index is 4.41. The second-order valence-electron chi connectivity index (χ2n) is 5.13. The summed E-state index contributed by atoms with van der Waals surface area (Å²) < 4.78 is 1.85. The lowest BCUT2D eigenvalue weighted by Gasteiger charge is -2.37. The molecule has 1 saturated heterocycles. The molecule has 0 aromatic carbocycles. The summed E-state index contributed by atoms with van der Waals surface area (Å²) >= 11 is 0. The number of anilines is 1. The van der Waals surface area contributed by atoms with Crippen molar-refractivity contribution in [2.24, 2.45) is 0 Å². The lowest BCUT2D eigenvalue weighted by molar-refractivity contribution is 0.440. The highest BCUT2D eigenvalue weighted by atomic mass is 15.4. The van der Waals surface area contributed by atoms with Gasteiger partial charge in [-0.25, -0.2) is 4.98 Å². The third-order valence-corrected chi connectivity index (χ3v) is 3.72. The van der Waals surface area contributed by atoms with E-state index in [1.807, 2.05) is 18.5 Å². The lowest BCUT2D eigenvalue weighted by atomic mass is 10.0. The van der Waals surface area contributed by atoms with Gasteiger partial charge in [-0.3, -0.25) is 0 Å². The van der Waals surface area contributed by atoms with Gasteiger partial charge in [0.15, 0.2) is 0 Å². The van der Waals surface area contributed by atoms with Crippen LogP contribution in [0.15, 0.2) is 12.4 Å². The molecule has 1 fully saturated rings. The van der Waals surface area contributed by atoms with Crippen molar-refractivity contribution in [1.82, 2.24) is 24.9 Å². The summed E-state index contributed by atoms with van der Waals surface area (Å²) in [5.74, 6) is 1.80. The predicted molar refractivity (Wildman–Crippen MR) is 74.4 cm³/mol. The van der Waals surface area contributed by atoms with E-state index in [9.17, 15) is 0 Å². The number of aryl methyl sites for hydroxylation is 1. The van der Waals surface area contributed by atoms with Crippen molar-refractivity contribution in [2.75, 3.05) is 25.0 Å². The maximum Gasteiger partial charge on any atom is 0.254 e. The highest BCUT2D eigenvalue weighted by Crippen LogP contribution is 2.24. The van der Waals surface area contributed by atoms with Gasteiger partial charge < -0.3 is 10.2 Å². The van der Waals surface area contributed by atoms with E-state index in [1.54, 1.807) is 6.33 Å². The van der Waals surface area contributed by atoms with Gasteiger partial charge in [0.25, 0.3) is 5.78 Å². The summed E-state index contributed by atoms with van der Waals surface area (Å²) in [6, 6.07) is 2.63. The van der Waals surface area contributed by atoms with E-state index in [0.717, 1.165) is 24.6 Å². The summed E-state index contributed by atoms with van der Waals surface area (Å²) in [6.07, 6.45) is 5.33. The van der Waals surface area contributed by atoms with E-state index in [4.69, 9.17) is 0 Å². The number of fused-ring (bicyclic) bond motifs is 1. The largest absolute Gasteiger partial charge is 0.352 e. The van der Waals surface area contributed by atoms with Gasteiger partial charge in [0.1, 0.15) is 12.1 Å². The molecule has 2 aromatic rings. The van der Waals surface area contributed by atoms with Crippen LogP contribution in [-0.4, -0.2) is 45.8 Å². The number of rotatable bonds is 3. The van der Waals surface area contributed by atoms with Gasteiger partial charge >= 0.3 is 0 Å². The van der Waals surface area contributed by atoms with Crippen molar-refractivity contribution in [2.45, 2.75) is 32.2 Å². The van der Waals surface area contributed by atoms with Crippen molar-refractivity contribution < 1.29 is 0 Å². The second-order valence-corrected chi connectivity index (χ2v) is 5.13. The smallest absolute Gasteiger partial charge is 0.254 e. The molecule has 1 aliphatic heterocycles. The van der Waals surface area contributed by atoms with E-state index in [1.165, 1.54) is 19.3 Å². The fourth-order valence-electron chi connectivity index (χ4n) is 2.87. The van der Waals surface area contributed by atoms with E-state index >= 15 is 0 Å². The van der Waals surface area contributed by atoms with E-state index in [-0.39, 0.29) is 0 Å². The van der Waals surface area contributed by atoms with Gasteiger partial charge in [-0.05, 0) is 33.2 Å². The van der Waals surface area contributed by atoms with Gasteiger partial charge in [0.2, 0.25) is 0 Å². The second kappa shape index (κ2) is 5.13. The predicted octanol–water partition coefficient (Wildman–Crippen LogP) is 1.01. The van der Waals surface area contributed by atoms with Crippen molar-refractivity contribution >= 4 is 11.6 Å². The summed E-state index contributed by atoms with van der Waals surface area (Å²) in [5, 5.41) is 7.60. The monoisotopic (exact) mass is 260 g/mol. The Balaban J connectivity index is 2.03. The molecule has 1 N–H and O–H groups in total. The van der Waals surface area contributed by atoms with Crippen LogP contribution in [0.5, 0.6) is 0 Å². The van der Waals surface area contributed by atoms with Gasteiger partial charge in [-0.2, -0.15) is 14.6 Å². The Kier molecular flexibility index (Phi) is 3.33. The van der Waals surface area contributed by atoms with Crippen LogP contribution in [0.1, 0.15) is 25.0 Å². The minimum atomic E-state index is 0.521. The Labute approximate surface area is 112 Å². The Morgan fingerprint density at radius 1 is 1.42 bits per heavy atom. The first-order valence-corrected chi connectivity index (χ1v) is 6.88. The summed E-state index contributed by atoms with van der Waals surface area (Å²) in [6.45, 7) is 4.08. The molecule has 1 aliphatic rings. The summed E-state index contributed by atoms with van der Waals surface area (Å²) in [4.78, 5) is 11.1. The standard InChI is InChI=1S/C13H20N6/c1-10-7-12(19-13(17-10)15-9-16-19)18-6-4-3-5-11(18)8-14-2/h7,9,11,14H,3-6,8H2,1-2H3. The van der Waals surface area contributed by atoms with Crippen LogP contribution >= 0.6 is 0 Å². The number of hydrogen-bond donors (Lipinski definition) is 1. The van der Waals surface area contributed by atoms with Crippen molar-refractivity contribution in [3.8, 4) is 0 Å². The SMILES string of the molecule is CNCC1CCCCN1c1cc(C)nc2ncnn12. The topological polar surface area (TPSA) is 58.3 Å². The molecular weight excluding hydrogens is 240 g/mol. The molecule has 19 heavy (non-hydrogen) atoms. The zero-order chi connectivity index (χ0) is 13.2. The normalized spacial score (nSPS) is 20.1. The molecule has 0 aliphatic carbocycles. The number of aromatic nitrogens is 4. The summed E-state index contributed by atoms with van der Waals surface area (Å²) in [7, 11) is 2.01. The molecule has 0 saturated carbocycles. The van der Waals surface area contributed by atoms with Gasteiger partial charge in [-0.15, -0.1) is 0 Å². The minimum Gasteiger partial charge on any atom is -0.352 e. The lowest BCUT2D eigenvalue weighted by Crippen LogP contribution is -2.45. The number of nitrogens with zero attached hydrogens (tertiary/aromatic N) is 5. The molecule has 102 valence electrons. The van der Waals surface area contributed by atoms with Gasteiger partial charge in [0, 0.05) is 30.9 Å². The van der Waals surface area contributed by atoms with Crippen LogP contribution < -0.4 is 10.2 Å². The first kappa shape index (κ1) is 12.3. The Morgan fingerprint density at radius 3 is 3.16 bits per heavy atom. The van der Waals surface area contributed by atoms with Crippen LogP contribution in [0, 0.1) is 6.92 Å². The first-order chi connectivity index (χ1) is 9.29. The number of piperidine rings is 1. The fraction of sp³-hybridized carbons (Fsp3) is 0.615. The molecule has 1 atom stereocenters. The fourth-order valence-corrected chi connectivity index (χ4v) is 2.87. The third-order valence-electron chi connectivity index (χ3n) is 3.72. The van der Waals surface area contributed by atoms with Crippen molar-refractivity contribution in [3.63, 3.8) is 0 Å². The van der Waals surface area contributed by atoms with Gasteiger partial charge in [-0.1, -0.05) is 0 Å². The zero-order valence-corrected chi connectivity index (χ0v) is 11.5. The summed E-state index contributed by atoms with van der Waals surface area (Å²) in [5.41, 5.74) is 0.990. The molecule has 6 nitrogen and oxygen atoms in total. The quantitative estimate of drug-likeness (QED) is 0.892. The first-order valence-electron chi connectivity index (χ1n) is 6.88. The average molecular weight is 260 g/mol. The number of nitrogens with one attached hydrogen (secondary N) is 1. The van der Waals surface area contributed by atoms with Crippen LogP contribution in [-0.2, 0) is 0 Å². The van der Waals surface area contributed by atoms with Crippen LogP contribution in [0.3, 0.4) is 0 Å². The van der Waals surface area contributed by atoms with Crippen LogP contribution in [0.25, 0.3) is 5.78 Å². The average Bonchev–Trinajstić information content (AvgIpc) is 2.87. The Hall–Kier alpha value is -1.69. The molecule has 0 bridgehead atoms. The Morgan fingerprint density at radius 2 is 2.32 bits per heavy atom. The van der Waals surface area contributed by atoms with Crippen molar-refractivity contribution in [3.05, 3.63) is 18.1 Å².